The van der Waals surface area contributed by atoms with Gasteiger partial charge in [-0.25, -0.2) is 0 Å². The second-order valence-electron chi connectivity index (χ2n) is 8.60. The lowest BCUT2D eigenvalue weighted by Crippen LogP contribution is -2.74. The summed E-state index contributed by atoms with van der Waals surface area (Å²) in [6.45, 7) is 24.2. The van der Waals surface area contributed by atoms with Gasteiger partial charge in [-0.05, 0) is 31.6 Å². The van der Waals surface area contributed by atoms with Crippen LogP contribution in [-0.2, 0) is 5.41 Å². The smallest absolute Gasteiger partial charge is 0.330 e. The van der Waals surface area contributed by atoms with Crippen LogP contribution in [0.1, 0.15) is 65.9 Å². The van der Waals surface area contributed by atoms with Gasteiger partial charge in [-0.1, -0.05) is 85.7 Å². The third kappa shape index (κ3) is 4.68. The highest BCUT2D eigenvalue weighted by atomic mass is 15.4. The zero-order chi connectivity index (χ0) is 21.5. The molecule has 2 aliphatic heterocycles. The van der Waals surface area contributed by atoms with E-state index >= 15 is 0 Å². The average molecular weight is 383 g/mol. The van der Waals surface area contributed by atoms with Crippen molar-refractivity contribution in [2.45, 2.75) is 85.5 Å². The molecule has 1 unspecified atom stereocenters. The monoisotopic (exact) mass is 383 g/mol. The number of hydrogen-bond acceptors (Lipinski definition) is 3. The molecule has 3 rings (SSSR count). The minimum Gasteiger partial charge on any atom is -0.386 e. The Balaban J connectivity index is 0.000000717. The summed E-state index contributed by atoms with van der Waals surface area (Å²) >= 11 is 0. The van der Waals surface area contributed by atoms with E-state index in [4.69, 9.17) is 0 Å². The van der Waals surface area contributed by atoms with Crippen LogP contribution in [0, 0.1) is 0 Å². The maximum atomic E-state index is 3.00. The Labute approximate surface area is 176 Å². The molecule has 0 radical (unpaired) electrons. The van der Waals surface area contributed by atoms with Gasteiger partial charge in [0, 0.05) is 11.1 Å². The Hall–Kier alpha value is -1.19. The standard InChI is InChI=1S/C18H31B2N3.C3H8.C2H4/c1-7-8-11-14-22-19(4)21(6)17-18(2,3)15-12-9-10-13-16(15)23(17)20(22)5;1-3-2;1-2/h9-10,12-13,17H,7-8,11,14H2,1-6H3;3H2,1-2H3;1-2H2. The van der Waals surface area contributed by atoms with Crippen molar-refractivity contribution in [1.29, 1.82) is 0 Å². The van der Waals surface area contributed by atoms with Crippen LogP contribution in [0.25, 0.3) is 0 Å². The summed E-state index contributed by atoms with van der Waals surface area (Å²) in [4.78, 5) is 5.23. The highest BCUT2D eigenvalue weighted by Crippen LogP contribution is 2.48. The third-order valence-electron chi connectivity index (χ3n) is 6.14. The Bertz CT molecular complexity index is 593. The van der Waals surface area contributed by atoms with E-state index in [1.807, 2.05) is 0 Å². The number of likely N-dealkylation sites (N-methyl/N-ethyl adjacent to an activating group) is 1. The van der Waals surface area contributed by atoms with Crippen LogP contribution in [0.15, 0.2) is 37.4 Å². The number of anilines is 1. The summed E-state index contributed by atoms with van der Waals surface area (Å²) in [5, 5.41) is 0. The lowest BCUT2D eigenvalue weighted by molar-refractivity contribution is 0.253. The molecule has 1 aromatic carbocycles. The molecule has 1 atom stereocenters. The molecule has 0 bridgehead atoms. The van der Waals surface area contributed by atoms with E-state index in [1.54, 1.807) is 0 Å². The molecule has 156 valence electrons. The predicted molar refractivity (Wildman–Crippen MR) is 130 cm³/mol. The lowest BCUT2D eigenvalue weighted by atomic mass is 9.55. The fourth-order valence-corrected chi connectivity index (χ4v) is 4.80. The molecule has 0 N–H and O–H groups in total. The van der Waals surface area contributed by atoms with Crippen molar-refractivity contribution < 1.29 is 0 Å². The number of para-hydroxylation sites is 1. The van der Waals surface area contributed by atoms with E-state index in [1.165, 1.54) is 43.5 Å². The minimum atomic E-state index is 0.156. The van der Waals surface area contributed by atoms with Crippen molar-refractivity contribution in [3.8, 4) is 0 Å². The Morgan fingerprint density at radius 3 is 2.14 bits per heavy atom. The van der Waals surface area contributed by atoms with Crippen molar-refractivity contribution in [1.82, 2.24) is 9.53 Å². The second-order valence-corrected chi connectivity index (χ2v) is 8.60. The summed E-state index contributed by atoms with van der Waals surface area (Å²) in [7, 11) is 2.30. The van der Waals surface area contributed by atoms with Crippen LogP contribution < -0.4 is 4.81 Å². The average Bonchev–Trinajstić information content (AvgIpc) is 2.93. The van der Waals surface area contributed by atoms with Gasteiger partial charge >= 0.3 is 6.98 Å². The first-order chi connectivity index (χ1) is 13.3. The van der Waals surface area contributed by atoms with Gasteiger partial charge in [0.05, 0.1) is 6.17 Å². The molecule has 0 aromatic heterocycles. The van der Waals surface area contributed by atoms with Gasteiger partial charge in [0.1, 0.15) is 0 Å². The van der Waals surface area contributed by atoms with Crippen molar-refractivity contribution in [3.63, 3.8) is 0 Å². The number of hydrogen-bond donors (Lipinski definition) is 0. The summed E-state index contributed by atoms with van der Waals surface area (Å²) in [6.07, 6.45) is 5.59. The largest absolute Gasteiger partial charge is 0.386 e. The number of unbranched alkanes of at least 4 members (excludes halogenated alkanes) is 2. The maximum absolute atomic E-state index is 3.00. The van der Waals surface area contributed by atoms with Gasteiger partial charge in [-0.3, -0.25) is 0 Å². The van der Waals surface area contributed by atoms with Crippen LogP contribution in [-0.4, -0.2) is 43.3 Å². The summed E-state index contributed by atoms with van der Waals surface area (Å²) in [5.74, 6) is 0. The van der Waals surface area contributed by atoms with Crippen molar-refractivity contribution in [2.24, 2.45) is 0 Å². The van der Waals surface area contributed by atoms with Crippen LogP contribution in [0.5, 0.6) is 0 Å². The van der Waals surface area contributed by atoms with Crippen molar-refractivity contribution >= 4 is 19.7 Å². The predicted octanol–water partition coefficient (Wildman–Crippen LogP) is 6.00. The molecule has 3 nitrogen and oxygen atoms in total. The first kappa shape index (κ1) is 24.8. The molecule has 5 heteroatoms. The summed E-state index contributed by atoms with van der Waals surface area (Å²) in [5.41, 5.74) is 3.07. The molecule has 1 saturated heterocycles. The van der Waals surface area contributed by atoms with Gasteiger partial charge in [0.2, 0.25) is 0 Å². The molecule has 28 heavy (non-hydrogen) atoms. The molecular formula is C23H43B2N3. The fourth-order valence-electron chi connectivity index (χ4n) is 4.80. The highest BCUT2D eigenvalue weighted by Gasteiger charge is 2.55. The molecule has 2 heterocycles. The molecule has 0 saturated carbocycles. The Morgan fingerprint density at radius 2 is 1.57 bits per heavy atom. The molecule has 0 aliphatic carbocycles. The zero-order valence-corrected chi connectivity index (χ0v) is 19.8. The molecule has 1 aromatic rings. The SMILES string of the molecule is C=C.CCC.CCCCCN1B(C)N(C)C2N(B1C)c1ccccc1C2(C)C. The van der Waals surface area contributed by atoms with Crippen LogP contribution in [0.2, 0.25) is 13.6 Å². The zero-order valence-electron chi connectivity index (χ0n) is 19.8. The van der Waals surface area contributed by atoms with Crippen LogP contribution >= 0.6 is 0 Å². The molecule has 2 aliphatic rings. The molecule has 0 spiro atoms. The first-order valence-corrected chi connectivity index (χ1v) is 11.2. The van der Waals surface area contributed by atoms with E-state index in [-0.39, 0.29) is 5.41 Å². The normalized spacial score (nSPS) is 20.6. The van der Waals surface area contributed by atoms with Gasteiger partial charge in [-0.15, -0.1) is 13.2 Å². The highest BCUT2D eigenvalue weighted by molar-refractivity contribution is 6.74. The quantitative estimate of drug-likeness (QED) is 0.359. The third-order valence-corrected chi connectivity index (χ3v) is 6.14. The van der Waals surface area contributed by atoms with E-state index in [2.05, 4.69) is 107 Å². The van der Waals surface area contributed by atoms with Crippen molar-refractivity contribution in [3.05, 3.63) is 43.0 Å². The van der Waals surface area contributed by atoms with E-state index < -0.39 is 0 Å². The van der Waals surface area contributed by atoms with E-state index in [9.17, 15) is 0 Å². The van der Waals surface area contributed by atoms with Gasteiger partial charge in [0.25, 0.3) is 6.98 Å². The van der Waals surface area contributed by atoms with Gasteiger partial charge in [-0.2, -0.15) is 0 Å². The fraction of sp³-hybridized carbons (Fsp3) is 0.652. The number of nitrogens with zero attached hydrogens (tertiary/aromatic N) is 3. The van der Waals surface area contributed by atoms with E-state index in [0.29, 0.717) is 20.1 Å². The Morgan fingerprint density at radius 1 is 1.00 bits per heavy atom. The first-order valence-electron chi connectivity index (χ1n) is 11.2. The summed E-state index contributed by atoms with van der Waals surface area (Å²) < 4.78 is 2.67. The van der Waals surface area contributed by atoms with Crippen LogP contribution in [0.4, 0.5) is 5.69 Å². The Kier molecular flexibility index (Phi) is 9.86. The molecule has 0 amide bonds. The summed E-state index contributed by atoms with van der Waals surface area (Å²) in [6, 6.07) is 9.00. The van der Waals surface area contributed by atoms with E-state index in [0.717, 1.165) is 0 Å². The number of benzene rings is 1. The van der Waals surface area contributed by atoms with Gasteiger partial charge < -0.3 is 14.3 Å². The number of rotatable bonds is 4. The lowest BCUT2D eigenvalue weighted by Gasteiger charge is -2.54. The van der Waals surface area contributed by atoms with Crippen LogP contribution in [0.3, 0.4) is 0 Å². The second kappa shape index (κ2) is 11.1. The number of fused-ring (bicyclic) bond motifs is 3. The maximum Gasteiger partial charge on any atom is 0.330 e. The molecule has 1 fully saturated rings. The topological polar surface area (TPSA) is 9.72 Å². The van der Waals surface area contributed by atoms with Gasteiger partial charge in [0.15, 0.2) is 0 Å². The molecular weight excluding hydrogens is 340 g/mol. The van der Waals surface area contributed by atoms with Crippen molar-refractivity contribution in [2.75, 3.05) is 18.4 Å². The minimum absolute atomic E-state index is 0.156.